The van der Waals surface area contributed by atoms with Gasteiger partial charge in [0.15, 0.2) is 5.82 Å². The summed E-state index contributed by atoms with van der Waals surface area (Å²) in [5.74, 6) is 1.75. The number of halogens is 1. The van der Waals surface area contributed by atoms with Gasteiger partial charge in [0.05, 0.1) is 24.0 Å². The van der Waals surface area contributed by atoms with Gasteiger partial charge in [-0.05, 0) is 30.9 Å². The predicted octanol–water partition coefficient (Wildman–Crippen LogP) is 3.30. The second kappa shape index (κ2) is 7.40. The zero-order chi connectivity index (χ0) is 19.8. The molecule has 7 nitrogen and oxygen atoms in total. The summed E-state index contributed by atoms with van der Waals surface area (Å²) >= 11 is 5.82. The molecule has 29 heavy (non-hydrogen) atoms. The van der Waals surface area contributed by atoms with E-state index in [1.165, 1.54) is 6.20 Å². The standard InChI is InChI=1S/C21H19ClN6O/c22-18-10-26-19(11-25-18)27-16-8-13-9-17(16)28(12-13)21(29)15-5-2-1-4-14(15)20-23-6-3-7-24-20/h1-7,10-11,13,16-17H,8-9,12H2,(H,26,27)/t13-,16-,17+/m1/s1. The maximum atomic E-state index is 13.5. The third-order valence-corrected chi connectivity index (χ3v) is 5.86. The summed E-state index contributed by atoms with van der Waals surface area (Å²) in [6, 6.07) is 9.57. The fraction of sp³-hybridized carbons (Fsp3) is 0.286. The number of anilines is 1. The van der Waals surface area contributed by atoms with Gasteiger partial charge in [0.1, 0.15) is 11.0 Å². The fourth-order valence-electron chi connectivity index (χ4n) is 4.45. The van der Waals surface area contributed by atoms with Gasteiger partial charge in [0, 0.05) is 30.5 Å². The highest BCUT2D eigenvalue weighted by Gasteiger charge is 2.47. The van der Waals surface area contributed by atoms with E-state index in [-0.39, 0.29) is 18.0 Å². The van der Waals surface area contributed by atoms with Crippen molar-refractivity contribution < 1.29 is 4.79 Å². The first-order valence-electron chi connectivity index (χ1n) is 9.60. The average molecular weight is 407 g/mol. The summed E-state index contributed by atoms with van der Waals surface area (Å²) < 4.78 is 0. The van der Waals surface area contributed by atoms with Crippen LogP contribution in [-0.4, -0.2) is 49.4 Å². The van der Waals surface area contributed by atoms with Gasteiger partial charge in [-0.2, -0.15) is 0 Å². The molecule has 0 unspecified atom stereocenters. The Balaban J connectivity index is 1.39. The van der Waals surface area contributed by atoms with E-state index in [2.05, 4.69) is 25.3 Å². The van der Waals surface area contributed by atoms with Crippen LogP contribution >= 0.6 is 11.6 Å². The van der Waals surface area contributed by atoms with E-state index >= 15 is 0 Å². The van der Waals surface area contributed by atoms with Gasteiger partial charge in [0.2, 0.25) is 0 Å². The smallest absolute Gasteiger partial charge is 0.254 e. The van der Waals surface area contributed by atoms with Crippen molar-refractivity contribution in [1.29, 1.82) is 0 Å². The molecule has 1 saturated carbocycles. The number of likely N-dealkylation sites (tertiary alicyclic amines) is 1. The van der Waals surface area contributed by atoms with Crippen molar-refractivity contribution in [2.24, 2.45) is 5.92 Å². The summed E-state index contributed by atoms with van der Waals surface area (Å²) in [5, 5.41) is 3.79. The van der Waals surface area contributed by atoms with Gasteiger partial charge in [-0.1, -0.05) is 29.8 Å². The lowest BCUT2D eigenvalue weighted by molar-refractivity contribution is 0.0693. The lowest BCUT2D eigenvalue weighted by Gasteiger charge is -2.34. The third kappa shape index (κ3) is 3.42. The van der Waals surface area contributed by atoms with Gasteiger partial charge < -0.3 is 10.2 Å². The van der Waals surface area contributed by atoms with Crippen LogP contribution in [0.5, 0.6) is 0 Å². The Labute approximate surface area is 173 Å². The molecule has 0 radical (unpaired) electrons. The van der Waals surface area contributed by atoms with Crippen LogP contribution in [0.2, 0.25) is 5.15 Å². The Morgan fingerprint density at radius 1 is 1.03 bits per heavy atom. The number of amides is 1. The van der Waals surface area contributed by atoms with Crippen LogP contribution in [0.4, 0.5) is 5.82 Å². The number of nitrogens with one attached hydrogen (secondary N) is 1. The van der Waals surface area contributed by atoms with E-state index in [4.69, 9.17) is 11.6 Å². The molecule has 2 aromatic heterocycles. The van der Waals surface area contributed by atoms with Crippen LogP contribution in [0, 0.1) is 5.92 Å². The molecule has 1 N–H and O–H groups in total. The summed E-state index contributed by atoms with van der Waals surface area (Å²) in [6.07, 6.45) is 8.54. The molecule has 1 aromatic carbocycles. The van der Waals surface area contributed by atoms with E-state index < -0.39 is 0 Å². The maximum Gasteiger partial charge on any atom is 0.254 e. The Morgan fingerprint density at radius 3 is 2.62 bits per heavy atom. The highest BCUT2D eigenvalue weighted by molar-refractivity contribution is 6.29. The molecule has 2 bridgehead atoms. The molecule has 8 heteroatoms. The Morgan fingerprint density at radius 2 is 1.86 bits per heavy atom. The van der Waals surface area contributed by atoms with Crippen LogP contribution in [-0.2, 0) is 0 Å². The molecule has 3 heterocycles. The molecule has 1 aliphatic carbocycles. The number of fused-ring (bicyclic) bond motifs is 2. The summed E-state index contributed by atoms with van der Waals surface area (Å²) in [4.78, 5) is 32.5. The van der Waals surface area contributed by atoms with Gasteiger partial charge in [-0.3, -0.25) is 4.79 Å². The number of hydrogen-bond acceptors (Lipinski definition) is 6. The zero-order valence-corrected chi connectivity index (χ0v) is 16.3. The molecule has 1 amide bonds. The summed E-state index contributed by atoms with van der Waals surface area (Å²) in [7, 11) is 0. The van der Waals surface area contributed by atoms with Gasteiger partial charge >= 0.3 is 0 Å². The zero-order valence-electron chi connectivity index (χ0n) is 15.6. The number of benzene rings is 1. The Kier molecular flexibility index (Phi) is 4.60. The minimum absolute atomic E-state index is 0.0224. The molecule has 2 fully saturated rings. The van der Waals surface area contributed by atoms with Gasteiger partial charge in [0.25, 0.3) is 5.91 Å². The van der Waals surface area contributed by atoms with E-state index in [1.807, 2.05) is 29.2 Å². The van der Waals surface area contributed by atoms with E-state index in [0.29, 0.717) is 28.3 Å². The number of carbonyl (C=O) groups is 1. The number of hydrogen-bond donors (Lipinski definition) is 1. The lowest BCUT2D eigenvalue weighted by atomic mass is 10.0. The molecule has 2 aliphatic rings. The van der Waals surface area contributed by atoms with Crippen molar-refractivity contribution in [3.8, 4) is 11.4 Å². The van der Waals surface area contributed by atoms with Crippen LogP contribution < -0.4 is 5.32 Å². The molecular weight excluding hydrogens is 388 g/mol. The predicted molar refractivity (Wildman–Crippen MR) is 109 cm³/mol. The summed E-state index contributed by atoms with van der Waals surface area (Å²) in [5.41, 5.74) is 1.39. The van der Waals surface area contributed by atoms with Crippen molar-refractivity contribution in [3.05, 3.63) is 65.8 Å². The molecular formula is C21H19ClN6O. The van der Waals surface area contributed by atoms with Crippen LogP contribution in [0.1, 0.15) is 23.2 Å². The largest absolute Gasteiger partial charge is 0.364 e. The van der Waals surface area contributed by atoms with E-state index in [9.17, 15) is 4.79 Å². The quantitative estimate of drug-likeness (QED) is 0.715. The fourth-order valence-corrected chi connectivity index (χ4v) is 4.55. The topological polar surface area (TPSA) is 83.9 Å². The normalized spacial score (nSPS) is 22.7. The molecule has 146 valence electrons. The number of piperidine rings is 1. The SMILES string of the molecule is O=C(c1ccccc1-c1ncccn1)N1C[C@@H]2C[C@@H](Nc3cnc(Cl)cn3)[C@@H]1C2. The highest BCUT2D eigenvalue weighted by atomic mass is 35.5. The first kappa shape index (κ1) is 18.0. The molecule has 1 aliphatic heterocycles. The monoisotopic (exact) mass is 406 g/mol. The molecule has 0 spiro atoms. The molecule has 3 aromatic rings. The first-order valence-corrected chi connectivity index (χ1v) is 9.98. The lowest BCUT2D eigenvalue weighted by Crippen LogP contribution is -2.47. The maximum absolute atomic E-state index is 13.5. The van der Waals surface area contributed by atoms with Crippen molar-refractivity contribution in [2.45, 2.75) is 24.9 Å². The second-order valence-electron chi connectivity index (χ2n) is 7.46. The minimum Gasteiger partial charge on any atom is -0.364 e. The van der Waals surface area contributed by atoms with Gasteiger partial charge in [-0.15, -0.1) is 0 Å². The summed E-state index contributed by atoms with van der Waals surface area (Å²) in [6.45, 7) is 0.776. The second-order valence-corrected chi connectivity index (χ2v) is 7.84. The number of aromatic nitrogens is 4. The van der Waals surface area contributed by atoms with Crippen LogP contribution in [0.15, 0.2) is 55.1 Å². The average Bonchev–Trinajstić information content (AvgIpc) is 3.36. The van der Waals surface area contributed by atoms with E-state index in [0.717, 1.165) is 24.9 Å². The van der Waals surface area contributed by atoms with Crippen molar-refractivity contribution in [3.63, 3.8) is 0 Å². The molecule has 1 saturated heterocycles. The van der Waals surface area contributed by atoms with Crippen molar-refractivity contribution >= 4 is 23.3 Å². The first-order chi connectivity index (χ1) is 14.2. The minimum atomic E-state index is 0.0224. The number of carbonyl (C=O) groups excluding carboxylic acids is 1. The third-order valence-electron chi connectivity index (χ3n) is 5.66. The Hall–Kier alpha value is -3.06. The van der Waals surface area contributed by atoms with Gasteiger partial charge in [-0.25, -0.2) is 19.9 Å². The van der Waals surface area contributed by atoms with Crippen LogP contribution in [0.25, 0.3) is 11.4 Å². The molecule has 5 rings (SSSR count). The van der Waals surface area contributed by atoms with Crippen molar-refractivity contribution in [2.75, 3.05) is 11.9 Å². The highest BCUT2D eigenvalue weighted by Crippen LogP contribution is 2.40. The van der Waals surface area contributed by atoms with Crippen molar-refractivity contribution in [1.82, 2.24) is 24.8 Å². The number of nitrogens with zero attached hydrogens (tertiary/aromatic N) is 5. The number of rotatable bonds is 4. The Bertz CT molecular complexity index is 1030. The van der Waals surface area contributed by atoms with Crippen LogP contribution in [0.3, 0.4) is 0 Å². The van der Waals surface area contributed by atoms with E-state index in [1.54, 1.807) is 24.7 Å². The molecule has 3 atom stereocenters.